The maximum atomic E-state index is 4.48. The smallest absolute Gasteiger partial charge is 0.218 e. The normalized spacial score (nSPS) is 13.2. The molecule has 0 aliphatic carbocycles. The highest BCUT2D eigenvalue weighted by molar-refractivity contribution is 5.40. The Hall–Kier alpha value is -3.31. The number of aryl methyl sites for hydroxylation is 2. The van der Waals surface area contributed by atoms with Crippen molar-refractivity contribution in [2.75, 3.05) is 7.05 Å². The lowest BCUT2D eigenvalue weighted by Gasteiger charge is -2.25. The molecule has 29 heavy (non-hydrogen) atoms. The van der Waals surface area contributed by atoms with Gasteiger partial charge in [-0.2, -0.15) is 4.68 Å². The van der Waals surface area contributed by atoms with Crippen LogP contribution >= 0.6 is 0 Å². The van der Waals surface area contributed by atoms with Gasteiger partial charge in [0.05, 0.1) is 12.7 Å². The van der Waals surface area contributed by atoms with E-state index in [9.17, 15) is 0 Å². The summed E-state index contributed by atoms with van der Waals surface area (Å²) in [6, 6.07) is 27.3. The van der Waals surface area contributed by atoms with Crippen LogP contribution in [-0.2, 0) is 6.54 Å². The van der Waals surface area contributed by atoms with Gasteiger partial charge in [0, 0.05) is 11.1 Å². The van der Waals surface area contributed by atoms with Crippen molar-refractivity contribution in [1.29, 1.82) is 0 Å². The largest absolute Gasteiger partial charge is 0.321 e. The summed E-state index contributed by atoms with van der Waals surface area (Å²) in [5, 5.41) is 12.9. The molecule has 0 aliphatic rings. The average Bonchev–Trinajstić information content (AvgIpc) is 3.20. The molecule has 4 rings (SSSR count). The number of hydrogen-bond acceptors (Lipinski definition) is 3. The van der Waals surface area contributed by atoms with Crippen LogP contribution in [0.15, 0.2) is 78.9 Å². The van der Waals surface area contributed by atoms with Crippen LogP contribution < -0.4 is 4.90 Å². The molecule has 3 aromatic carbocycles. The third-order valence-corrected chi connectivity index (χ3v) is 5.45. The van der Waals surface area contributed by atoms with Crippen LogP contribution in [0, 0.1) is 13.8 Å². The van der Waals surface area contributed by atoms with Gasteiger partial charge in [-0.3, -0.25) is 0 Å². The highest BCUT2D eigenvalue weighted by atomic mass is 15.6. The van der Waals surface area contributed by atoms with E-state index >= 15 is 0 Å². The molecule has 1 heterocycles. The van der Waals surface area contributed by atoms with Crippen molar-refractivity contribution in [2.45, 2.75) is 26.4 Å². The average molecular weight is 385 g/mol. The zero-order chi connectivity index (χ0) is 20.2. The topological polar surface area (TPSA) is 48.0 Å². The molecule has 4 aromatic rings. The van der Waals surface area contributed by atoms with Crippen molar-refractivity contribution in [1.82, 2.24) is 20.2 Å². The number of nitrogens with one attached hydrogen (secondary N) is 1. The molecule has 0 amide bonds. The lowest BCUT2D eigenvalue weighted by atomic mass is 10.0. The lowest BCUT2D eigenvalue weighted by molar-refractivity contribution is -0.920. The highest BCUT2D eigenvalue weighted by Gasteiger charge is 2.30. The van der Waals surface area contributed by atoms with Gasteiger partial charge in [0.25, 0.3) is 0 Å². The van der Waals surface area contributed by atoms with Gasteiger partial charge < -0.3 is 4.90 Å². The molecular formula is C24H26N5+. The van der Waals surface area contributed by atoms with Crippen molar-refractivity contribution in [2.24, 2.45) is 0 Å². The second kappa shape index (κ2) is 8.37. The van der Waals surface area contributed by atoms with E-state index in [0.29, 0.717) is 0 Å². The summed E-state index contributed by atoms with van der Waals surface area (Å²) >= 11 is 0. The van der Waals surface area contributed by atoms with Gasteiger partial charge in [0.15, 0.2) is 6.04 Å². The molecule has 1 aromatic heterocycles. The van der Waals surface area contributed by atoms with Gasteiger partial charge in [0.1, 0.15) is 6.54 Å². The first kappa shape index (κ1) is 19.0. The van der Waals surface area contributed by atoms with Crippen molar-refractivity contribution in [3.8, 4) is 5.69 Å². The number of quaternary nitrogens is 1. The molecule has 5 heteroatoms. The molecule has 1 N–H and O–H groups in total. The maximum absolute atomic E-state index is 4.48. The van der Waals surface area contributed by atoms with E-state index in [4.69, 9.17) is 0 Å². The Kier molecular flexibility index (Phi) is 5.49. The zero-order valence-electron chi connectivity index (χ0n) is 17.1. The molecule has 2 atom stereocenters. The fraction of sp³-hybridized carbons (Fsp3) is 0.208. The zero-order valence-corrected chi connectivity index (χ0v) is 17.1. The minimum atomic E-state index is 0.00501. The second-order valence-electron chi connectivity index (χ2n) is 7.53. The van der Waals surface area contributed by atoms with Crippen molar-refractivity contribution >= 4 is 0 Å². The van der Waals surface area contributed by atoms with E-state index in [2.05, 4.69) is 97.1 Å². The van der Waals surface area contributed by atoms with Gasteiger partial charge in [-0.1, -0.05) is 72.8 Å². The molecule has 0 bridgehead atoms. The van der Waals surface area contributed by atoms with Crippen molar-refractivity contribution in [3.05, 3.63) is 107 Å². The summed E-state index contributed by atoms with van der Waals surface area (Å²) in [5.74, 6) is 0.844. The number of rotatable bonds is 6. The first-order chi connectivity index (χ1) is 14.1. The minimum Gasteiger partial charge on any atom is -0.321 e. The summed E-state index contributed by atoms with van der Waals surface area (Å²) in [6.45, 7) is 5.13. The van der Waals surface area contributed by atoms with E-state index in [-0.39, 0.29) is 6.04 Å². The molecule has 0 radical (unpaired) electrons. The van der Waals surface area contributed by atoms with Gasteiger partial charge >= 0.3 is 0 Å². The first-order valence-corrected chi connectivity index (χ1v) is 9.91. The molecule has 0 spiro atoms. The van der Waals surface area contributed by atoms with E-state index in [1.54, 1.807) is 0 Å². The van der Waals surface area contributed by atoms with Crippen LogP contribution in [0.1, 0.15) is 34.1 Å². The molecular weight excluding hydrogens is 358 g/mol. The molecule has 5 nitrogen and oxygen atoms in total. The standard InChI is InChI=1S/C24H25N5/c1-18-11-7-9-15-21(18)17-28(3)23(20-13-5-4-6-14-20)24-25-26-27-29(24)22-16-10-8-12-19(22)2/h4-16,23H,17H2,1-3H3/p+1/t23-/m0/s1. The summed E-state index contributed by atoms with van der Waals surface area (Å²) in [4.78, 5) is 1.31. The van der Waals surface area contributed by atoms with Crippen LogP contribution in [0.5, 0.6) is 0 Å². The third kappa shape index (κ3) is 3.96. The van der Waals surface area contributed by atoms with E-state index in [0.717, 1.165) is 23.6 Å². The van der Waals surface area contributed by atoms with Crippen LogP contribution in [0.3, 0.4) is 0 Å². The van der Waals surface area contributed by atoms with Gasteiger partial charge in [0.2, 0.25) is 5.82 Å². The predicted octanol–water partition coefficient (Wildman–Crippen LogP) is 3.08. The molecule has 0 saturated heterocycles. The first-order valence-electron chi connectivity index (χ1n) is 9.91. The van der Waals surface area contributed by atoms with Crippen LogP contribution in [0.2, 0.25) is 0 Å². The monoisotopic (exact) mass is 384 g/mol. The Bertz CT molecular complexity index is 1090. The summed E-state index contributed by atoms with van der Waals surface area (Å²) in [5.41, 5.74) is 5.99. The number of benzene rings is 3. The van der Waals surface area contributed by atoms with Crippen LogP contribution in [0.25, 0.3) is 5.69 Å². The van der Waals surface area contributed by atoms with E-state index in [1.807, 2.05) is 22.9 Å². The van der Waals surface area contributed by atoms with Crippen LogP contribution in [-0.4, -0.2) is 27.3 Å². The summed E-state index contributed by atoms with van der Waals surface area (Å²) in [7, 11) is 2.21. The number of hydrogen-bond donors (Lipinski definition) is 1. The number of tetrazole rings is 1. The molecule has 0 fully saturated rings. The summed E-state index contributed by atoms with van der Waals surface area (Å²) in [6.07, 6.45) is 0. The molecule has 146 valence electrons. The lowest BCUT2D eigenvalue weighted by Crippen LogP contribution is -3.08. The van der Waals surface area contributed by atoms with E-state index < -0.39 is 0 Å². The highest BCUT2D eigenvalue weighted by Crippen LogP contribution is 2.21. The van der Waals surface area contributed by atoms with Gasteiger partial charge in [-0.15, -0.1) is 5.10 Å². The Balaban J connectivity index is 1.78. The fourth-order valence-electron chi connectivity index (χ4n) is 3.86. The SMILES string of the molecule is Cc1ccccc1C[NH+](C)[C@@H](c1ccccc1)c1nnnn1-c1ccccc1C. The Labute approximate surface area is 171 Å². The van der Waals surface area contributed by atoms with Crippen molar-refractivity contribution in [3.63, 3.8) is 0 Å². The minimum absolute atomic E-state index is 0.00501. The van der Waals surface area contributed by atoms with E-state index in [1.165, 1.54) is 21.6 Å². The number of para-hydroxylation sites is 1. The number of nitrogens with zero attached hydrogens (tertiary/aromatic N) is 4. The number of aromatic nitrogens is 4. The second-order valence-corrected chi connectivity index (χ2v) is 7.53. The van der Waals surface area contributed by atoms with Crippen molar-refractivity contribution < 1.29 is 4.90 Å². The fourth-order valence-corrected chi connectivity index (χ4v) is 3.86. The molecule has 0 saturated carbocycles. The molecule has 1 unspecified atom stereocenters. The molecule has 0 aliphatic heterocycles. The van der Waals surface area contributed by atoms with Crippen LogP contribution in [0.4, 0.5) is 0 Å². The van der Waals surface area contributed by atoms with Gasteiger partial charge in [-0.25, -0.2) is 0 Å². The Morgan fingerprint density at radius 3 is 2.21 bits per heavy atom. The Morgan fingerprint density at radius 1 is 0.828 bits per heavy atom. The van der Waals surface area contributed by atoms with Gasteiger partial charge in [-0.05, 0) is 41.5 Å². The predicted molar refractivity (Wildman–Crippen MR) is 114 cm³/mol. The third-order valence-electron chi connectivity index (χ3n) is 5.45. The summed E-state index contributed by atoms with van der Waals surface area (Å²) < 4.78 is 1.88. The maximum Gasteiger partial charge on any atom is 0.218 e. The Morgan fingerprint density at radius 2 is 1.48 bits per heavy atom. The quantitative estimate of drug-likeness (QED) is 0.556.